The highest BCUT2D eigenvalue weighted by Gasteiger charge is 2.29. The zero-order valence-electron chi connectivity index (χ0n) is 19.9. The van der Waals surface area contributed by atoms with Gasteiger partial charge in [-0.15, -0.1) is 21.5 Å². The second-order valence-corrected chi connectivity index (χ2v) is 10.7. The Bertz CT molecular complexity index is 992. The molecule has 4 rings (SSSR count). The van der Waals surface area contributed by atoms with Gasteiger partial charge in [-0.3, -0.25) is 4.79 Å². The maximum Gasteiger partial charge on any atom is 0.422 e. The number of carbonyl (C=O) groups excluding carboxylic acids is 1. The van der Waals surface area contributed by atoms with Gasteiger partial charge in [-0.25, -0.2) is 4.98 Å². The lowest BCUT2D eigenvalue weighted by Crippen LogP contribution is -2.39. The standard InChI is InChI=1S/C24H32F3N5O2S/c1-16-30-31-23(35-16)14-21(33)28-19-5-2-17(3-6-19)8-11-32-12-9-18-4-7-22(29-20(18)10-13-32)34-15-24(25,26)27/h4,7,17,19H,2-3,5-6,8-15H2,1H3,(H,28,33). The molecule has 0 saturated heterocycles. The predicted molar refractivity (Wildman–Crippen MR) is 126 cm³/mol. The molecule has 2 aromatic heterocycles. The van der Waals surface area contributed by atoms with Crippen LogP contribution in [0.1, 0.15) is 53.4 Å². The van der Waals surface area contributed by atoms with Crippen molar-refractivity contribution in [3.63, 3.8) is 0 Å². The summed E-state index contributed by atoms with van der Waals surface area (Å²) in [6.07, 6.45) is 2.83. The van der Waals surface area contributed by atoms with E-state index in [-0.39, 0.29) is 17.8 Å². The molecule has 0 bridgehead atoms. The van der Waals surface area contributed by atoms with E-state index in [1.165, 1.54) is 17.4 Å². The fraction of sp³-hybridized carbons (Fsp3) is 0.667. The molecule has 3 heterocycles. The third-order valence-corrected chi connectivity index (χ3v) is 7.57. The molecule has 1 aliphatic heterocycles. The van der Waals surface area contributed by atoms with E-state index in [0.29, 0.717) is 18.8 Å². The van der Waals surface area contributed by atoms with Gasteiger partial charge < -0.3 is 15.0 Å². The first kappa shape index (κ1) is 25.8. The van der Waals surface area contributed by atoms with Gasteiger partial charge in [0, 0.05) is 37.3 Å². The monoisotopic (exact) mass is 511 g/mol. The lowest BCUT2D eigenvalue weighted by molar-refractivity contribution is -0.154. The molecule has 35 heavy (non-hydrogen) atoms. The quantitative estimate of drug-likeness (QED) is 0.579. The smallest absolute Gasteiger partial charge is 0.422 e. The molecular weight excluding hydrogens is 479 g/mol. The third kappa shape index (κ3) is 8.13. The fourth-order valence-electron chi connectivity index (χ4n) is 4.85. The summed E-state index contributed by atoms with van der Waals surface area (Å²) in [6.45, 7) is 3.34. The van der Waals surface area contributed by atoms with Crippen LogP contribution in [0.2, 0.25) is 0 Å². The maximum absolute atomic E-state index is 12.4. The zero-order chi connectivity index (χ0) is 24.8. The van der Waals surface area contributed by atoms with E-state index < -0.39 is 12.8 Å². The van der Waals surface area contributed by atoms with Gasteiger partial charge >= 0.3 is 6.18 Å². The predicted octanol–water partition coefficient (Wildman–Crippen LogP) is 3.89. The molecule has 2 aliphatic rings. The molecule has 1 fully saturated rings. The number of aryl methyl sites for hydroxylation is 1. The largest absolute Gasteiger partial charge is 0.468 e. The van der Waals surface area contributed by atoms with Gasteiger partial charge in [-0.2, -0.15) is 13.2 Å². The van der Waals surface area contributed by atoms with E-state index >= 15 is 0 Å². The number of nitrogens with zero attached hydrogens (tertiary/aromatic N) is 4. The molecular formula is C24H32F3N5O2S. The molecule has 192 valence electrons. The number of nitrogens with one attached hydrogen (secondary N) is 1. The summed E-state index contributed by atoms with van der Waals surface area (Å²) in [4.78, 5) is 19.0. The van der Waals surface area contributed by atoms with Crippen molar-refractivity contribution in [2.75, 3.05) is 26.2 Å². The van der Waals surface area contributed by atoms with Gasteiger partial charge in [0.2, 0.25) is 11.8 Å². The molecule has 1 aliphatic carbocycles. The minimum Gasteiger partial charge on any atom is -0.468 e. The van der Waals surface area contributed by atoms with Crippen molar-refractivity contribution in [3.05, 3.63) is 33.4 Å². The molecule has 11 heteroatoms. The van der Waals surface area contributed by atoms with Crippen LogP contribution in [0.3, 0.4) is 0 Å². The third-order valence-electron chi connectivity index (χ3n) is 6.73. The van der Waals surface area contributed by atoms with Gasteiger partial charge in [-0.1, -0.05) is 6.07 Å². The first-order chi connectivity index (χ1) is 16.7. The van der Waals surface area contributed by atoms with Crippen LogP contribution in [0.15, 0.2) is 12.1 Å². The minimum atomic E-state index is -4.37. The van der Waals surface area contributed by atoms with E-state index in [4.69, 9.17) is 4.74 Å². The first-order valence-electron chi connectivity index (χ1n) is 12.2. The molecule has 0 atom stereocenters. The summed E-state index contributed by atoms with van der Waals surface area (Å²) in [5.74, 6) is 0.714. The van der Waals surface area contributed by atoms with Gasteiger partial charge in [0.1, 0.15) is 10.0 Å². The number of amides is 1. The molecule has 1 amide bonds. The summed E-state index contributed by atoms with van der Waals surface area (Å²) < 4.78 is 42.0. The number of fused-ring (bicyclic) bond motifs is 1. The van der Waals surface area contributed by atoms with Crippen molar-refractivity contribution < 1.29 is 22.7 Å². The fourth-order valence-corrected chi connectivity index (χ4v) is 5.56. The van der Waals surface area contributed by atoms with Crippen molar-refractivity contribution in [1.82, 2.24) is 25.4 Å². The average molecular weight is 512 g/mol. The van der Waals surface area contributed by atoms with E-state index in [2.05, 4.69) is 25.4 Å². The summed E-state index contributed by atoms with van der Waals surface area (Å²) in [6, 6.07) is 3.62. The van der Waals surface area contributed by atoms with Gasteiger partial charge in [0.15, 0.2) is 6.61 Å². The number of halogens is 3. The Morgan fingerprint density at radius 2 is 1.94 bits per heavy atom. The van der Waals surface area contributed by atoms with Crippen LogP contribution in [0.5, 0.6) is 5.88 Å². The highest BCUT2D eigenvalue weighted by Crippen LogP contribution is 2.28. The lowest BCUT2D eigenvalue weighted by Gasteiger charge is -2.30. The van der Waals surface area contributed by atoms with Crippen molar-refractivity contribution in [3.8, 4) is 5.88 Å². The molecule has 1 saturated carbocycles. The molecule has 7 nitrogen and oxygen atoms in total. The van der Waals surface area contributed by atoms with Crippen molar-refractivity contribution in [2.24, 2.45) is 5.92 Å². The Morgan fingerprint density at radius 1 is 1.17 bits per heavy atom. The SMILES string of the molecule is Cc1nnc(CC(=O)NC2CCC(CCN3CCc4ccc(OCC(F)(F)F)nc4CC3)CC2)s1. The summed E-state index contributed by atoms with van der Waals surface area (Å²) in [7, 11) is 0. The second-order valence-electron chi connectivity index (χ2n) is 9.47. The van der Waals surface area contributed by atoms with E-state index in [1.807, 2.05) is 13.0 Å². The van der Waals surface area contributed by atoms with Gasteiger partial charge in [-0.05, 0) is 63.5 Å². The highest BCUT2D eigenvalue weighted by atomic mass is 32.1. The number of pyridine rings is 1. The Balaban J connectivity index is 1.16. The Labute approximate surface area is 207 Å². The highest BCUT2D eigenvalue weighted by molar-refractivity contribution is 7.11. The normalized spacial score (nSPS) is 21.3. The van der Waals surface area contributed by atoms with Crippen LogP contribution >= 0.6 is 11.3 Å². The van der Waals surface area contributed by atoms with E-state index in [1.54, 1.807) is 0 Å². The van der Waals surface area contributed by atoms with Crippen molar-refractivity contribution in [2.45, 2.75) is 70.5 Å². The van der Waals surface area contributed by atoms with Crippen molar-refractivity contribution in [1.29, 1.82) is 0 Å². The minimum absolute atomic E-state index is 0.0225. The molecule has 0 unspecified atom stereocenters. The topological polar surface area (TPSA) is 80.2 Å². The number of ether oxygens (including phenoxy) is 1. The molecule has 0 aromatic carbocycles. The van der Waals surface area contributed by atoms with Gasteiger partial charge in [0.05, 0.1) is 6.42 Å². The second kappa shape index (κ2) is 11.6. The molecule has 2 aromatic rings. The van der Waals surface area contributed by atoms with Crippen molar-refractivity contribution >= 4 is 17.2 Å². The number of rotatable bonds is 8. The van der Waals surface area contributed by atoms with Crippen LogP contribution in [0, 0.1) is 12.8 Å². The summed E-state index contributed by atoms with van der Waals surface area (Å²) in [5.41, 5.74) is 1.93. The number of hydrogen-bond donors (Lipinski definition) is 1. The Morgan fingerprint density at radius 3 is 2.66 bits per heavy atom. The molecule has 0 spiro atoms. The van der Waals surface area contributed by atoms with Crippen LogP contribution in [-0.2, 0) is 24.1 Å². The van der Waals surface area contributed by atoms with E-state index in [0.717, 1.165) is 79.4 Å². The van der Waals surface area contributed by atoms with E-state index in [9.17, 15) is 18.0 Å². The summed E-state index contributed by atoms with van der Waals surface area (Å²) in [5, 5.41) is 12.8. The first-order valence-corrected chi connectivity index (χ1v) is 13.0. The van der Waals surface area contributed by atoms with Crippen LogP contribution in [0.25, 0.3) is 0 Å². The summed E-state index contributed by atoms with van der Waals surface area (Å²) >= 11 is 1.46. The number of hydrogen-bond acceptors (Lipinski definition) is 7. The lowest BCUT2D eigenvalue weighted by atomic mass is 9.84. The number of aromatic nitrogens is 3. The Kier molecular flexibility index (Phi) is 8.59. The van der Waals surface area contributed by atoms with Crippen LogP contribution < -0.4 is 10.1 Å². The molecule has 1 N–H and O–H groups in total. The molecule has 0 radical (unpaired) electrons. The van der Waals surface area contributed by atoms with Crippen LogP contribution in [0.4, 0.5) is 13.2 Å². The zero-order valence-corrected chi connectivity index (χ0v) is 20.8. The van der Waals surface area contributed by atoms with Gasteiger partial charge in [0.25, 0.3) is 0 Å². The Hall–Kier alpha value is -2.27. The number of carbonyl (C=O) groups is 1. The van der Waals surface area contributed by atoms with Crippen LogP contribution in [-0.4, -0.2) is 64.4 Å². The average Bonchev–Trinajstić information content (AvgIpc) is 3.10. The maximum atomic E-state index is 12.4. The number of alkyl halides is 3.